The molecule has 2 bridgehead atoms. The Kier molecular flexibility index (Phi) is 5.31. The summed E-state index contributed by atoms with van der Waals surface area (Å²) in [4.78, 5) is 29.1. The molecule has 0 radical (unpaired) electrons. The van der Waals surface area contributed by atoms with Crippen LogP contribution >= 0.6 is 23.2 Å². The molecule has 36 heavy (non-hydrogen) atoms. The van der Waals surface area contributed by atoms with Gasteiger partial charge in [-0.15, -0.1) is 0 Å². The van der Waals surface area contributed by atoms with E-state index in [1.54, 1.807) is 30.3 Å². The van der Waals surface area contributed by atoms with Crippen LogP contribution in [0.25, 0.3) is 10.8 Å². The first-order valence-electron chi connectivity index (χ1n) is 11.9. The number of nitriles is 1. The van der Waals surface area contributed by atoms with Crippen LogP contribution in [0, 0.1) is 23.2 Å². The first-order valence-corrected chi connectivity index (χ1v) is 12.6. The molecule has 2 amide bonds. The van der Waals surface area contributed by atoms with Crippen molar-refractivity contribution in [1.82, 2.24) is 0 Å². The van der Waals surface area contributed by atoms with Gasteiger partial charge in [-0.3, -0.25) is 9.59 Å². The van der Waals surface area contributed by atoms with Crippen LogP contribution in [0.15, 0.2) is 54.6 Å². The minimum Gasteiger partial charge on any atom is -0.493 e. The quantitative estimate of drug-likeness (QED) is 0.390. The normalized spacial score (nSPS) is 28.6. The smallest absolute Gasteiger partial charge is 0.240 e. The van der Waals surface area contributed by atoms with Crippen LogP contribution < -0.4 is 9.64 Å². The number of hydrogen-bond acceptors (Lipinski definition) is 5. The van der Waals surface area contributed by atoms with Gasteiger partial charge in [-0.2, -0.15) is 5.26 Å². The second-order valence-electron chi connectivity index (χ2n) is 9.91. The number of benzene rings is 3. The predicted octanol–water partition coefficient (Wildman–Crippen LogP) is 5.91. The van der Waals surface area contributed by atoms with Gasteiger partial charge >= 0.3 is 0 Å². The number of carbonyl (C=O) groups is 2. The molecule has 4 atom stereocenters. The lowest BCUT2D eigenvalue weighted by atomic mass is 9.67. The predicted molar refractivity (Wildman–Crippen MR) is 136 cm³/mol. The van der Waals surface area contributed by atoms with E-state index in [0.717, 1.165) is 0 Å². The second-order valence-corrected chi connectivity index (χ2v) is 10.7. The lowest BCUT2D eigenvalue weighted by Gasteiger charge is -2.31. The third-order valence-electron chi connectivity index (χ3n) is 7.96. The summed E-state index contributed by atoms with van der Waals surface area (Å²) in [5, 5.41) is 11.8. The first kappa shape index (κ1) is 23.3. The Morgan fingerprint density at radius 3 is 2.53 bits per heavy atom. The van der Waals surface area contributed by atoms with Crippen LogP contribution in [0.2, 0.25) is 10.0 Å². The zero-order chi connectivity index (χ0) is 25.2. The van der Waals surface area contributed by atoms with Gasteiger partial charge in [0.05, 0.1) is 57.0 Å². The average Bonchev–Trinajstić information content (AvgIpc) is 3.45. The van der Waals surface area contributed by atoms with Crippen LogP contribution in [0.4, 0.5) is 5.69 Å². The van der Waals surface area contributed by atoms with Gasteiger partial charge in [0.15, 0.2) is 0 Å². The fraction of sp³-hybridized carbons (Fsp3) is 0.321. The Hall–Kier alpha value is -3.11. The number of hydrogen-bond donors (Lipinski definition) is 0. The van der Waals surface area contributed by atoms with Crippen molar-refractivity contribution >= 4 is 51.5 Å². The lowest BCUT2D eigenvalue weighted by molar-refractivity contribution is -0.131. The topological polar surface area (TPSA) is 79.6 Å². The van der Waals surface area contributed by atoms with Gasteiger partial charge in [0, 0.05) is 23.3 Å². The Labute approximate surface area is 218 Å². The van der Waals surface area contributed by atoms with Crippen LogP contribution in [0.1, 0.15) is 31.7 Å². The molecule has 8 heteroatoms. The lowest BCUT2D eigenvalue weighted by Crippen LogP contribution is -2.43. The molecule has 3 fully saturated rings. The summed E-state index contributed by atoms with van der Waals surface area (Å²) in [6, 6.07) is 18.0. The monoisotopic (exact) mass is 520 g/mol. The summed E-state index contributed by atoms with van der Waals surface area (Å²) < 4.78 is 12.4. The molecule has 182 valence electrons. The number of nitrogens with zero attached hydrogens (tertiary/aromatic N) is 2. The van der Waals surface area contributed by atoms with E-state index in [1.165, 1.54) is 4.90 Å². The SMILES string of the molecule is CC12CCC(CCOc3ccc(Cl)c(Cl)c3)(O1)C1C(=O)N(c3ccc(C#N)c4ccccc34)C(=O)C12. The van der Waals surface area contributed by atoms with E-state index in [2.05, 4.69) is 6.07 Å². The van der Waals surface area contributed by atoms with E-state index in [0.29, 0.717) is 63.7 Å². The molecule has 3 aliphatic heterocycles. The number of ether oxygens (including phenoxy) is 2. The number of amides is 2. The summed E-state index contributed by atoms with van der Waals surface area (Å²) in [5.41, 5.74) is -0.475. The molecule has 0 spiro atoms. The summed E-state index contributed by atoms with van der Waals surface area (Å²) in [5.74, 6) is -1.06. The van der Waals surface area contributed by atoms with Crippen LogP contribution in [-0.2, 0) is 14.3 Å². The van der Waals surface area contributed by atoms with Gasteiger partial charge in [-0.05, 0) is 44.0 Å². The number of rotatable bonds is 5. The van der Waals surface area contributed by atoms with Crippen molar-refractivity contribution < 1.29 is 19.1 Å². The number of halogens is 2. The highest BCUT2D eigenvalue weighted by atomic mass is 35.5. The zero-order valence-corrected chi connectivity index (χ0v) is 21.0. The van der Waals surface area contributed by atoms with Gasteiger partial charge < -0.3 is 9.47 Å². The maximum atomic E-state index is 13.9. The number of anilines is 1. The van der Waals surface area contributed by atoms with Gasteiger partial charge in [-0.25, -0.2) is 4.90 Å². The minimum absolute atomic E-state index is 0.241. The van der Waals surface area contributed by atoms with Crippen LogP contribution in [0.3, 0.4) is 0 Å². The molecule has 3 aliphatic rings. The van der Waals surface area contributed by atoms with Gasteiger partial charge in [-0.1, -0.05) is 47.5 Å². The fourth-order valence-corrected chi connectivity index (χ4v) is 6.62. The van der Waals surface area contributed by atoms with E-state index in [4.69, 9.17) is 32.7 Å². The Bertz CT molecular complexity index is 1480. The third kappa shape index (κ3) is 3.27. The van der Waals surface area contributed by atoms with E-state index in [1.807, 2.05) is 31.2 Å². The molecule has 3 saturated heterocycles. The largest absolute Gasteiger partial charge is 0.493 e. The molecular formula is C28H22Cl2N2O4. The standard InChI is InChI=1S/C28H22Cl2N2O4/c1-27-10-11-28(36-27,12-13-35-17-7-8-20(29)21(30)14-17)24-23(27)25(33)32(26(24)34)22-9-6-16(15-31)18-4-2-3-5-19(18)22/h2-9,14,23-24H,10-13H2,1H3. The van der Waals surface area contributed by atoms with Crippen molar-refractivity contribution in [3.8, 4) is 11.8 Å². The molecule has 3 heterocycles. The average molecular weight is 521 g/mol. The van der Waals surface area contributed by atoms with Gasteiger partial charge in [0.2, 0.25) is 11.8 Å². The molecule has 3 aromatic carbocycles. The third-order valence-corrected chi connectivity index (χ3v) is 8.70. The van der Waals surface area contributed by atoms with Crippen molar-refractivity contribution in [3.63, 3.8) is 0 Å². The maximum Gasteiger partial charge on any atom is 0.240 e. The first-order chi connectivity index (χ1) is 17.3. The molecule has 6 rings (SSSR count). The van der Waals surface area contributed by atoms with Crippen molar-refractivity contribution in [3.05, 3.63) is 70.2 Å². The molecule has 0 N–H and O–H groups in total. The molecule has 0 aromatic heterocycles. The van der Waals surface area contributed by atoms with E-state index < -0.39 is 23.0 Å². The van der Waals surface area contributed by atoms with Crippen molar-refractivity contribution in [2.75, 3.05) is 11.5 Å². The summed E-state index contributed by atoms with van der Waals surface area (Å²) in [6.45, 7) is 2.24. The van der Waals surface area contributed by atoms with E-state index in [9.17, 15) is 14.9 Å². The minimum atomic E-state index is -0.778. The highest BCUT2D eigenvalue weighted by Crippen LogP contribution is 2.62. The number of imide groups is 1. The summed E-state index contributed by atoms with van der Waals surface area (Å²) >= 11 is 12.1. The summed E-state index contributed by atoms with van der Waals surface area (Å²) in [6.07, 6.45) is 1.84. The van der Waals surface area contributed by atoms with Crippen molar-refractivity contribution in [1.29, 1.82) is 5.26 Å². The Balaban J connectivity index is 1.32. The maximum absolute atomic E-state index is 13.9. The molecular weight excluding hydrogens is 499 g/mol. The molecule has 0 aliphatic carbocycles. The van der Waals surface area contributed by atoms with E-state index >= 15 is 0 Å². The van der Waals surface area contributed by atoms with Gasteiger partial charge in [0.25, 0.3) is 0 Å². The zero-order valence-electron chi connectivity index (χ0n) is 19.5. The van der Waals surface area contributed by atoms with Crippen LogP contribution in [0.5, 0.6) is 5.75 Å². The number of fused-ring (bicyclic) bond motifs is 6. The Morgan fingerprint density at radius 2 is 1.78 bits per heavy atom. The Morgan fingerprint density at radius 1 is 1.03 bits per heavy atom. The fourth-order valence-electron chi connectivity index (χ4n) is 6.33. The van der Waals surface area contributed by atoms with Gasteiger partial charge in [0.1, 0.15) is 5.75 Å². The highest BCUT2D eigenvalue weighted by Gasteiger charge is 2.73. The highest BCUT2D eigenvalue weighted by molar-refractivity contribution is 6.42. The van der Waals surface area contributed by atoms with E-state index in [-0.39, 0.29) is 11.8 Å². The second kappa shape index (κ2) is 8.21. The molecule has 4 unspecified atom stereocenters. The molecule has 6 nitrogen and oxygen atoms in total. The molecule has 0 saturated carbocycles. The van der Waals surface area contributed by atoms with Crippen LogP contribution in [-0.4, -0.2) is 29.6 Å². The summed E-state index contributed by atoms with van der Waals surface area (Å²) in [7, 11) is 0. The molecule has 3 aromatic rings. The van der Waals surface area contributed by atoms with Crippen molar-refractivity contribution in [2.45, 2.75) is 37.4 Å². The van der Waals surface area contributed by atoms with Crippen molar-refractivity contribution in [2.24, 2.45) is 11.8 Å². The number of carbonyl (C=O) groups excluding carboxylic acids is 2.